The van der Waals surface area contributed by atoms with Crippen molar-refractivity contribution in [1.29, 1.82) is 0 Å². The first-order valence-electron chi connectivity index (χ1n) is 9.48. The summed E-state index contributed by atoms with van der Waals surface area (Å²) < 4.78 is 32.5. The molecule has 3 rings (SSSR count). The predicted molar refractivity (Wildman–Crippen MR) is 117 cm³/mol. The number of hydrogen-bond acceptors (Lipinski definition) is 5. The number of benzene rings is 2. The third kappa shape index (κ3) is 6.09. The lowest BCUT2D eigenvalue weighted by atomic mass is 10.3. The molecule has 0 aromatic heterocycles. The van der Waals surface area contributed by atoms with Gasteiger partial charge in [0.1, 0.15) is 17.3 Å². The normalized spacial score (nSPS) is 15.7. The fourth-order valence-corrected chi connectivity index (χ4v) is 5.11. The molecule has 0 aliphatic carbocycles. The Labute approximate surface area is 186 Å². The summed E-state index contributed by atoms with van der Waals surface area (Å²) in [6, 6.07) is 13.4. The molecule has 0 unspecified atom stereocenters. The van der Waals surface area contributed by atoms with E-state index >= 15 is 0 Å². The van der Waals surface area contributed by atoms with E-state index < -0.39 is 10.0 Å². The zero-order valence-corrected chi connectivity index (χ0v) is 18.6. The number of piperazine rings is 1. The van der Waals surface area contributed by atoms with E-state index in [0.717, 1.165) is 0 Å². The second-order valence-electron chi connectivity index (χ2n) is 6.76. The van der Waals surface area contributed by atoms with Crippen LogP contribution in [-0.2, 0) is 14.8 Å². The van der Waals surface area contributed by atoms with Gasteiger partial charge in [-0.1, -0.05) is 35.3 Å². The van der Waals surface area contributed by atoms with Crippen LogP contribution in [0.3, 0.4) is 0 Å². The van der Waals surface area contributed by atoms with Crippen LogP contribution in [0.5, 0.6) is 5.75 Å². The summed E-state index contributed by atoms with van der Waals surface area (Å²) in [7, 11) is -3.64. The number of ether oxygens (including phenoxy) is 1. The minimum atomic E-state index is -3.64. The standard InChI is InChI=1S/C20H23Cl2N3O4S/c21-16-5-7-17(8-6-16)29-14-9-23-20(26)15-24-10-12-25(13-11-24)30(27,28)19-4-2-1-3-18(19)22/h1-8H,9-15H2,(H,23,26). The fourth-order valence-electron chi connectivity index (χ4n) is 3.07. The summed E-state index contributed by atoms with van der Waals surface area (Å²) in [6.45, 7) is 2.48. The lowest BCUT2D eigenvalue weighted by Crippen LogP contribution is -2.51. The topological polar surface area (TPSA) is 79.0 Å². The van der Waals surface area contributed by atoms with Crippen LogP contribution in [0.4, 0.5) is 0 Å². The Kier molecular flexibility index (Phi) is 7.96. The highest BCUT2D eigenvalue weighted by Gasteiger charge is 2.30. The van der Waals surface area contributed by atoms with E-state index in [-0.39, 0.29) is 22.4 Å². The van der Waals surface area contributed by atoms with Gasteiger partial charge in [-0.05, 0) is 36.4 Å². The van der Waals surface area contributed by atoms with Gasteiger partial charge < -0.3 is 10.1 Å². The highest BCUT2D eigenvalue weighted by molar-refractivity contribution is 7.89. The number of sulfonamides is 1. The first-order valence-corrected chi connectivity index (χ1v) is 11.7. The smallest absolute Gasteiger partial charge is 0.244 e. The van der Waals surface area contributed by atoms with Crippen molar-refractivity contribution in [3.63, 3.8) is 0 Å². The van der Waals surface area contributed by atoms with Crippen LogP contribution in [0.1, 0.15) is 0 Å². The summed E-state index contributed by atoms with van der Waals surface area (Å²) in [5.41, 5.74) is 0. The quantitative estimate of drug-likeness (QED) is 0.598. The molecular weight excluding hydrogens is 449 g/mol. The maximum atomic E-state index is 12.8. The van der Waals surface area contributed by atoms with E-state index in [0.29, 0.717) is 50.1 Å². The van der Waals surface area contributed by atoms with Crippen LogP contribution < -0.4 is 10.1 Å². The molecule has 2 aromatic carbocycles. The number of nitrogens with one attached hydrogen (secondary N) is 1. The minimum absolute atomic E-state index is 0.110. The monoisotopic (exact) mass is 471 g/mol. The van der Waals surface area contributed by atoms with Crippen LogP contribution in [0.25, 0.3) is 0 Å². The largest absolute Gasteiger partial charge is 0.492 e. The Balaban J connectivity index is 1.39. The highest BCUT2D eigenvalue weighted by Crippen LogP contribution is 2.24. The molecule has 1 fully saturated rings. The van der Waals surface area contributed by atoms with Crippen LogP contribution in [-0.4, -0.2) is 69.4 Å². The molecule has 0 saturated carbocycles. The van der Waals surface area contributed by atoms with E-state index in [1.807, 2.05) is 4.90 Å². The molecule has 1 heterocycles. The van der Waals surface area contributed by atoms with Crippen LogP contribution >= 0.6 is 23.2 Å². The zero-order chi connectivity index (χ0) is 21.6. The Bertz CT molecular complexity index is 962. The molecule has 0 radical (unpaired) electrons. The van der Waals surface area contributed by atoms with Crippen molar-refractivity contribution in [2.75, 3.05) is 45.9 Å². The fraction of sp³-hybridized carbons (Fsp3) is 0.350. The Hall–Kier alpha value is -1.84. The molecule has 162 valence electrons. The molecule has 7 nitrogen and oxygen atoms in total. The summed E-state index contributed by atoms with van der Waals surface area (Å²) in [6.07, 6.45) is 0. The molecule has 30 heavy (non-hydrogen) atoms. The van der Waals surface area contributed by atoms with Gasteiger partial charge in [0.25, 0.3) is 0 Å². The van der Waals surface area contributed by atoms with Gasteiger partial charge in [-0.2, -0.15) is 4.31 Å². The summed E-state index contributed by atoms with van der Waals surface area (Å²) in [4.78, 5) is 14.2. The van der Waals surface area contributed by atoms with Gasteiger partial charge in [-0.15, -0.1) is 0 Å². The van der Waals surface area contributed by atoms with Gasteiger partial charge in [0.2, 0.25) is 15.9 Å². The maximum absolute atomic E-state index is 12.8. The van der Waals surface area contributed by atoms with Crippen molar-refractivity contribution in [1.82, 2.24) is 14.5 Å². The maximum Gasteiger partial charge on any atom is 0.244 e. The SMILES string of the molecule is O=C(CN1CCN(S(=O)(=O)c2ccccc2Cl)CC1)NCCOc1ccc(Cl)cc1. The zero-order valence-electron chi connectivity index (χ0n) is 16.3. The minimum Gasteiger partial charge on any atom is -0.492 e. The second-order valence-corrected chi connectivity index (χ2v) is 9.51. The van der Waals surface area contributed by atoms with Crippen molar-refractivity contribution >= 4 is 39.1 Å². The molecular formula is C20H23Cl2N3O4S. The third-order valence-electron chi connectivity index (χ3n) is 4.66. The van der Waals surface area contributed by atoms with Gasteiger partial charge in [-0.25, -0.2) is 8.42 Å². The molecule has 10 heteroatoms. The van der Waals surface area contributed by atoms with Crippen molar-refractivity contribution in [3.05, 3.63) is 58.6 Å². The van der Waals surface area contributed by atoms with E-state index in [1.165, 1.54) is 10.4 Å². The van der Waals surface area contributed by atoms with E-state index in [1.54, 1.807) is 42.5 Å². The summed E-state index contributed by atoms with van der Waals surface area (Å²) in [5, 5.41) is 3.65. The second kappa shape index (κ2) is 10.5. The first kappa shape index (κ1) is 22.8. The van der Waals surface area contributed by atoms with E-state index in [2.05, 4.69) is 5.32 Å². The van der Waals surface area contributed by atoms with E-state index in [4.69, 9.17) is 27.9 Å². The first-order chi connectivity index (χ1) is 14.4. The van der Waals surface area contributed by atoms with Gasteiger partial charge in [0.05, 0.1) is 18.1 Å². The average Bonchev–Trinajstić information content (AvgIpc) is 2.73. The number of rotatable bonds is 8. The molecule has 1 aliphatic heterocycles. The van der Waals surface area contributed by atoms with Gasteiger partial charge in [0, 0.05) is 31.2 Å². The van der Waals surface area contributed by atoms with Crippen LogP contribution in [0.2, 0.25) is 10.0 Å². The van der Waals surface area contributed by atoms with Crippen molar-refractivity contribution in [2.45, 2.75) is 4.90 Å². The number of carbonyl (C=O) groups excluding carboxylic acids is 1. The Morgan fingerprint density at radius 2 is 1.67 bits per heavy atom. The van der Waals surface area contributed by atoms with Crippen molar-refractivity contribution < 1.29 is 17.9 Å². The Morgan fingerprint density at radius 1 is 1.00 bits per heavy atom. The summed E-state index contributed by atoms with van der Waals surface area (Å²) >= 11 is 11.9. The summed E-state index contributed by atoms with van der Waals surface area (Å²) in [5.74, 6) is 0.557. The highest BCUT2D eigenvalue weighted by atomic mass is 35.5. The third-order valence-corrected chi connectivity index (χ3v) is 7.31. The van der Waals surface area contributed by atoms with E-state index in [9.17, 15) is 13.2 Å². The molecule has 0 atom stereocenters. The van der Waals surface area contributed by atoms with Gasteiger partial charge in [-0.3, -0.25) is 9.69 Å². The van der Waals surface area contributed by atoms with Crippen LogP contribution in [0, 0.1) is 0 Å². The van der Waals surface area contributed by atoms with Gasteiger partial charge in [0.15, 0.2) is 0 Å². The average molecular weight is 472 g/mol. The number of amides is 1. The molecule has 1 aliphatic rings. The number of nitrogens with zero attached hydrogens (tertiary/aromatic N) is 2. The predicted octanol–water partition coefficient (Wildman–Crippen LogP) is 2.49. The molecule has 0 spiro atoms. The van der Waals surface area contributed by atoms with Crippen LogP contribution in [0.15, 0.2) is 53.4 Å². The molecule has 1 saturated heterocycles. The van der Waals surface area contributed by atoms with Crippen molar-refractivity contribution in [3.8, 4) is 5.75 Å². The number of halogens is 2. The lowest BCUT2D eigenvalue weighted by Gasteiger charge is -2.33. The molecule has 2 aromatic rings. The lowest BCUT2D eigenvalue weighted by molar-refractivity contribution is -0.122. The molecule has 0 bridgehead atoms. The number of hydrogen-bond donors (Lipinski definition) is 1. The molecule has 1 amide bonds. The van der Waals surface area contributed by atoms with Crippen molar-refractivity contribution in [2.24, 2.45) is 0 Å². The Morgan fingerprint density at radius 3 is 2.33 bits per heavy atom. The number of carbonyl (C=O) groups is 1. The molecule has 1 N–H and O–H groups in total. The van der Waals surface area contributed by atoms with Gasteiger partial charge >= 0.3 is 0 Å².